The summed E-state index contributed by atoms with van der Waals surface area (Å²) in [7, 11) is -1.28. The first-order valence-corrected chi connectivity index (χ1v) is 9.95. The van der Waals surface area contributed by atoms with E-state index in [1.165, 1.54) is 12.3 Å². The Hall–Kier alpha value is -1.90. The van der Waals surface area contributed by atoms with Crippen molar-refractivity contribution in [2.24, 2.45) is 4.99 Å². The summed E-state index contributed by atoms with van der Waals surface area (Å²) in [6.45, 7) is 1.88. The molecule has 7 nitrogen and oxygen atoms in total. The number of rotatable bonds is 6. The van der Waals surface area contributed by atoms with E-state index >= 15 is 0 Å². The van der Waals surface area contributed by atoms with Gasteiger partial charge in [-0.3, -0.25) is 4.99 Å². The van der Waals surface area contributed by atoms with Crippen molar-refractivity contribution in [2.75, 3.05) is 43.6 Å². The average molecular weight is 357 g/mol. The molecule has 1 fully saturated rings. The van der Waals surface area contributed by atoms with E-state index in [1.54, 1.807) is 19.3 Å². The molecule has 2 N–H and O–H groups in total. The SMILES string of the molecule is CN=C(NCCCS(C)(=O)=O)NC1CCN(c2ncccc2F)C1. The molecular weight excluding hydrogens is 333 g/mol. The Bertz CT molecular complexity index is 680. The molecule has 1 aliphatic heterocycles. The van der Waals surface area contributed by atoms with Gasteiger partial charge in [-0.1, -0.05) is 0 Å². The Morgan fingerprint density at radius 1 is 1.54 bits per heavy atom. The number of anilines is 1. The number of aromatic nitrogens is 1. The molecule has 0 spiro atoms. The van der Waals surface area contributed by atoms with Gasteiger partial charge in [-0.2, -0.15) is 0 Å². The quantitative estimate of drug-likeness (QED) is 0.435. The van der Waals surface area contributed by atoms with Gasteiger partial charge in [-0.05, 0) is 25.0 Å². The standard InChI is InChI=1S/C15H24FN5O2S/c1-17-15(19-8-4-10-24(2,22)23)20-12-6-9-21(11-12)14-13(16)5-3-7-18-14/h3,5,7,12H,4,6,8-11H2,1-2H3,(H2,17,19,20). The van der Waals surface area contributed by atoms with Crippen LogP contribution in [0.5, 0.6) is 0 Å². The molecule has 24 heavy (non-hydrogen) atoms. The molecule has 1 aliphatic rings. The number of halogens is 1. The molecule has 1 saturated heterocycles. The molecule has 2 heterocycles. The first-order chi connectivity index (χ1) is 11.4. The molecule has 9 heteroatoms. The van der Waals surface area contributed by atoms with Crippen LogP contribution in [-0.4, -0.2) is 64.1 Å². The van der Waals surface area contributed by atoms with Crippen molar-refractivity contribution in [3.05, 3.63) is 24.1 Å². The van der Waals surface area contributed by atoms with Crippen LogP contribution in [0.4, 0.5) is 10.2 Å². The van der Waals surface area contributed by atoms with Crippen LogP contribution < -0.4 is 15.5 Å². The number of aliphatic imine (C=N–C) groups is 1. The van der Waals surface area contributed by atoms with Crippen molar-refractivity contribution >= 4 is 21.6 Å². The van der Waals surface area contributed by atoms with E-state index in [9.17, 15) is 12.8 Å². The van der Waals surface area contributed by atoms with Crippen LogP contribution >= 0.6 is 0 Å². The first kappa shape index (κ1) is 18.4. The largest absolute Gasteiger partial charge is 0.356 e. The molecule has 0 radical (unpaired) electrons. The minimum absolute atomic E-state index is 0.132. The van der Waals surface area contributed by atoms with Crippen LogP contribution in [0, 0.1) is 5.82 Å². The monoisotopic (exact) mass is 357 g/mol. The summed E-state index contributed by atoms with van der Waals surface area (Å²) in [5, 5.41) is 6.38. The zero-order chi connectivity index (χ0) is 17.6. The highest BCUT2D eigenvalue weighted by atomic mass is 32.2. The maximum Gasteiger partial charge on any atom is 0.191 e. The smallest absolute Gasteiger partial charge is 0.191 e. The summed E-state index contributed by atoms with van der Waals surface area (Å²) in [6.07, 6.45) is 4.18. The van der Waals surface area contributed by atoms with Crippen LogP contribution in [0.25, 0.3) is 0 Å². The third-order valence-electron chi connectivity index (χ3n) is 3.78. The highest BCUT2D eigenvalue weighted by Crippen LogP contribution is 2.20. The summed E-state index contributed by atoms with van der Waals surface area (Å²) in [5.74, 6) is 0.823. The van der Waals surface area contributed by atoms with Gasteiger partial charge in [0.05, 0.1) is 5.75 Å². The molecule has 0 bridgehead atoms. The van der Waals surface area contributed by atoms with Crippen LogP contribution in [0.2, 0.25) is 0 Å². The van der Waals surface area contributed by atoms with Gasteiger partial charge in [0.25, 0.3) is 0 Å². The number of hydrogen-bond donors (Lipinski definition) is 2. The highest BCUT2D eigenvalue weighted by Gasteiger charge is 2.25. The number of guanidine groups is 1. The number of nitrogens with zero attached hydrogens (tertiary/aromatic N) is 3. The molecule has 1 atom stereocenters. The fourth-order valence-corrected chi connectivity index (χ4v) is 3.28. The lowest BCUT2D eigenvalue weighted by Crippen LogP contribution is -2.45. The fraction of sp³-hybridized carbons (Fsp3) is 0.600. The molecular formula is C15H24FN5O2S. The Balaban J connectivity index is 1.80. The first-order valence-electron chi connectivity index (χ1n) is 7.89. The molecule has 1 aromatic heterocycles. The van der Waals surface area contributed by atoms with Crippen molar-refractivity contribution in [1.29, 1.82) is 0 Å². The van der Waals surface area contributed by atoms with E-state index in [0.717, 1.165) is 13.0 Å². The van der Waals surface area contributed by atoms with Gasteiger partial charge in [-0.25, -0.2) is 17.8 Å². The normalized spacial score (nSPS) is 18.7. The van der Waals surface area contributed by atoms with E-state index in [-0.39, 0.29) is 17.6 Å². The molecule has 0 saturated carbocycles. The number of hydrogen-bond acceptors (Lipinski definition) is 5. The topological polar surface area (TPSA) is 86.7 Å². The summed E-state index contributed by atoms with van der Waals surface area (Å²) in [5.41, 5.74) is 0. The van der Waals surface area contributed by atoms with Crippen molar-refractivity contribution < 1.29 is 12.8 Å². The van der Waals surface area contributed by atoms with E-state index in [4.69, 9.17) is 0 Å². The Labute approximate surface area is 142 Å². The second-order valence-electron chi connectivity index (χ2n) is 5.87. The van der Waals surface area contributed by atoms with E-state index in [1.807, 2.05) is 4.90 Å². The zero-order valence-electron chi connectivity index (χ0n) is 14.0. The predicted octanol–water partition coefficient (Wildman–Crippen LogP) is 0.399. The molecule has 0 amide bonds. The number of nitrogens with one attached hydrogen (secondary N) is 2. The lowest BCUT2D eigenvalue weighted by atomic mass is 10.3. The van der Waals surface area contributed by atoms with Crippen LogP contribution in [0.3, 0.4) is 0 Å². The van der Waals surface area contributed by atoms with Gasteiger partial charge in [0.1, 0.15) is 9.84 Å². The van der Waals surface area contributed by atoms with E-state index < -0.39 is 9.84 Å². The van der Waals surface area contributed by atoms with Gasteiger partial charge in [0.15, 0.2) is 17.6 Å². The summed E-state index contributed by atoms with van der Waals surface area (Å²) in [4.78, 5) is 10.1. The van der Waals surface area contributed by atoms with Crippen LogP contribution in [-0.2, 0) is 9.84 Å². The van der Waals surface area contributed by atoms with Crippen LogP contribution in [0.1, 0.15) is 12.8 Å². The van der Waals surface area contributed by atoms with Gasteiger partial charge in [0.2, 0.25) is 0 Å². The summed E-state index contributed by atoms with van der Waals surface area (Å²) in [6, 6.07) is 3.12. The Morgan fingerprint density at radius 2 is 2.33 bits per heavy atom. The molecule has 2 rings (SSSR count). The summed E-state index contributed by atoms with van der Waals surface area (Å²) >= 11 is 0. The third kappa shape index (κ3) is 5.63. The fourth-order valence-electron chi connectivity index (χ4n) is 2.61. The second-order valence-corrected chi connectivity index (χ2v) is 8.13. The van der Waals surface area contributed by atoms with E-state index in [0.29, 0.717) is 31.3 Å². The third-order valence-corrected chi connectivity index (χ3v) is 4.81. The van der Waals surface area contributed by atoms with E-state index in [2.05, 4.69) is 20.6 Å². The Kier molecular flexibility index (Phi) is 6.36. The van der Waals surface area contributed by atoms with Crippen LogP contribution in [0.15, 0.2) is 23.3 Å². The maximum absolute atomic E-state index is 13.8. The summed E-state index contributed by atoms with van der Waals surface area (Å²) < 4.78 is 36.0. The highest BCUT2D eigenvalue weighted by molar-refractivity contribution is 7.90. The van der Waals surface area contributed by atoms with Crippen molar-refractivity contribution in [3.63, 3.8) is 0 Å². The predicted molar refractivity (Wildman–Crippen MR) is 93.6 cm³/mol. The van der Waals surface area contributed by atoms with Crippen molar-refractivity contribution in [1.82, 2.24) is 15.6 Å². The van der Waals surface area contributed by atoms with Gasteiger partial charge in [0, 0.05) is 45.2 Å². The molecule has 0 aromatic carbocycles. The maximum atomic E-state index is 13.8. The average Bonchev–Trinajstić information content (AvgIpc) is 2.98. The van der Waals surface area contributed by atoms with Gasteiger partial charge < -0.3 is 15.5 Å². The second kappa shape index (κ2) is 8.27. The molecule has 0 aliphatic carbocycles. The van der Waals surface area contributed by atoms with Crippen molar-refractivity contribution in [2.45, 2.75) is 18.9 Å². The molecule has 134 valence electrons. The number of sulfone groups is 1. The van der Waals surface area contributed by atoms with Gasteiger partial charge >= 0.3 is 0 Å². The zero-order valence-corrected chi connectivity index (χ0v) is 14.8. The molecule has 1 unspecified atom stereocenters. The van der Waals surface area contributed by atoms with Gasteiger partial charge in [-0.15, -0.1) is 0 Å². The lowest BCUT2D eigenvalue weighted by Gasteiger charge is -2.19. The Morgan fingerprint density at radius 3 is 3.00 bits per heavy atom. The minimum atomic E-state index is -2.94. The lowest BCUT2D eigenvalue weighted by molar-refractivity contribution is 0.597. The minimum Gasteiger partial charge on any atom is -0.356 e. The van der Waals surface area contributed by atoms with Crippen molar-refractivity contribution in [3.8, 4) is 0 Å². The number of pyridine rings is 1. The molecule has 1 aromatic rings.